The van der Waals surface area contributed by atoms with Crippen LogP contribution in [-0.2, 0) is 25.6 Å². The number of nitrogens with zero attached hydrogens (tertiary/aromatic N) is 2. The number of rotatable bonds is 8. The van der Waals surface area contributed by atoms with Crippen LogP contribution in [-0.4, -0.2) is 35.8 Å². The Morgan fingerprint density at radius 2 is 1.83 bits per heavy atom. The minimum atomic E-state index is -1.31. The minimum Gasteiger partial charge on any atom is -0.466 e. The van der Waals surface area contributed by atoms with Gasteiger partial charge in [-0.25, -0.2) is 9.78 Å². The molecule has 2 aromatic rings. The van der Waals surface area contributed by atoms with Crippen LogP contribution in [0.1, 0.15) is 32.3 Å². The fourth-order valence-electron chi connectivity index (χ4n) is 3.23. The summed E-state index contributed by atoms with van der Waals surface area (Å²) in [6.07, 6.45) is 1.90. The Hall–Kier alpha value is -3.13. The van der Waals surface area contributed by atoms with Crippen molar-refractivity contribution in [1.29, 1.82) is 0 Å². The summed E-state index contributed by atoms with van der Waals surface area (Å²) < 4.78 is 10.4. The summed E-state index contributed by atoms with van der Waals surface area (Å²) in [7, 11) is 0. The van der Waals surface area contributed by atoms with Gasteiger partial charge in [0.1, 0.15) is 0 Å². The van der Waals surface area contributed by atoms with Gasteiger partial charge in [0.2, 0.25) is 5.66 Å². The van der Waals surface area contributed by atoms with Gasteiger partial charge in [-0.2, -0.15) is 5.43 Å². The van der Waals surface area contributed by atoms with Crippen molar-refractivity contribution in [2.24, 2.45) is 0 Å². The molecule has 1 aliphatic rings. The van der Waals surface area contributed by atoms with Gasteiger partial charge in [-0.1, -0.05) is 30.3 Å². The van der Waals surface area contributed by atoms with Gasteiger partial charge in [-0.3, -0.25) is 9.80 Å². The van der Waals surface area contributed by atoms with Gasteiger partial charge in [0.25, 0.3) is 0 Å². The Balaban J connectivity index is 1.93. The third-order valence-corrected chi connectivity index (χ3v) is 4.53. The highest BCUT2D eigenvalue weighted by molar-refractivity contribution is 5.88. The van der Waals surface area contributed by atoms with E-state index in [9.17, 15) is 9.59 Å². The Morgan fingerprint density at radius 1 is 1.07 bits per heavy atom. The number of aromatic nitrogens is 1. The molecule has 1 aromatic carbocycles. The smallest absolute Gasteiger partial charge is 0.348 e. The number of carbonyl (C=O) groups is 2. The van der Waals surface area contributed by atoms with Crippen LogP contribution < -0.4 is 15.8 Å². The normalized spacial score (nSPS) is 17.8. The molecule has 1 aromatic heterocycles. The number of hydrogen-bond acceptors (Lipinski definition) is 8. The molecule has 154 valence electrons. The van der Waals surface area contributed by atoms with E-state index in [1.165, 1.54) is 0 Å². The third-order valence-electron chi connectivity index (χ3n) is 4.53. The average Bonchev–Trinajstić information content (AvgIpc) is 2.73. The first-order valence-electron chi connectivity index (χ1n) is 9.73. The van der Waals surface area contributed by atoms with Gasteiger partial charge in [0.15, 0.2) is 5.82 Å². The maximum atomic E-state index is 13.0. The largest absolute Gasteiger partial charge is 0.466 e. The molecule has 29 heavy (non-hydrogen) atoms. The fourth-order valence-corrected chi connectivity index (χ4v) is 3.23. The molecule has 1 aliphatic heterocycles. The Morgan fingerprint density at radius 3 is 2.55 bits per heavy atom. The lowest BCUT2D eigenvalue weighted by atomic mass is 10.0. The second-order valence-corrected chi connectivity index (χ2v) is 6.61. The van der Waals surface area contributed by atoms with Gasteiger partial charge in [-0.05, 0) is 31.5 Å². The van der Waals surface area contributed by atoms with E-state index in [2.05, 4.69) is 15.7 Å². The maximum Gasteiger partial charge on any atom is 0.348 e. The summed E-state index contributed by atoms with van der Waals surface area (Å²) in [5.41, 5.74) is 3.64. The zero-order chi connectivity index (χ0) is 20.7. The van der Waals surface area contributed by atoms with Gasteiger partial charge in [0, 0.05) is 19.0 Å². The van der Waals surface area contributed by atoms with Crippen LogP contribution in [0.15, 0.2) is 48.7 Å². The summed E-state index contributed by atoms with van der Waals surface area (Å²) in [5, 5.41) is 5.02. The van der Waals surface area contributed by atoms with Crippen LogP contribution in [0.5, 0.6) is 0 Å². The molecule has 1 atom stereocenters. The highest BCUT2D eigenvalue weighted by atomic mass is 16.5. The zero-order valence-corrected chi connectivity index (χ0v) is 16.7. The molecule has 0 saturated heterocycles. The molecule has 2 heterocycles. The number of nitrogens with one attached hydrogen (secondary N) is 2. The van der Waals surface area contributed by atoms with Crippen LogP contribution in [0.2, 0.25) is 0 Å². The van der Waals surface area contributed by atoms with E-state index < -0.39 is 11.6 Å². The quantitative estimate of drug-likeness (QED) is 0.656. The SMILES string of the molecule is CCOC(=O)CCC1(C(=O)OCC)Nc2cccnc2N(Cc2ccccc2)N1. The third kappa shape index (κ3) is 4.83. The molecular weight excluding hydrogens is 372 g/mol. The zero-order valence-electron chi connectivity index (χ0n) is 16.7. The van der Waals surface area contributed by atoms with Crippen molar-refractivity contribution in [3.63, 3.8) is 0 Å². The number of esters is 2. The number of benzene rings is 1. The average molecular weight is 398 g/mol. The molecule has 8 heteroatoms. The summed E-state index contributed by atoms with van der Waals surface area (Å²) >= 11 is 0. The lowest BCUT2D eigenvalue weighted by molar-refractivity contribution is -0.151. The molecule has 0 radical (unpaired) electrons. The monoisotopic (exact) mass is 398 g/mol. The number of hydrazine groups is 1. The van der Waals surface area contributed by atoms with E-state index in [1.54, 1.807) is 26.1 Å². The lowest BCUT2D eigenvalue weighted by Crippen LogP contribution is -2.67. The van der Waals surface area contributed by atoms with Crippen molar-refractivity contribution < 1.29 is 19.1 Å². The van der Waals surface area contributed by atoms with Crippen LogP contribution in [0, 0.1) is 0 Å². The van der Waals surface area contributed by atoms with Crippen molar-refractivity contribution >= 4 is 23.4 Å². The van der Waals surface area contributed by atoms with Crippen LogP contribution in [0.3, 0.4) is 0 Å². The van der Waals surface area contributed by atoms with E-state index in [0.29, 0.717) is 24.7 Å². The van der Waals surface area contributed by atoms with Crippen molar-refractivity contribution in [3.8, 4) is 0 Å². The molecule has 0 spiro atoms. The Bertz CT molecular complexity index is 846. The number of anilines is 2. The summed E-state index contributed by atoms with van der Waals surface area (Å²) in [6.45, 7) is 4.49. The predicted octanol–water partition coefficient (Wildman–Crippen LogP) is 2.62. The number of ether oxygens (including phenoxy) is 2. The van der Waals surface area contributed by atoms with Crippen molar-refractivity contribution in [2.75, 3.05) is 23.5 Å². The molecule has 1 unspecified atom stereocenters. The first-order valence-corrected chi connectivity index (χ1v) is 9.73. The number of hydrogen-bond donors (Lipinski definition) is 2. The van der Waals surface area contributed by atoms with E-state index in [0.717, 1.165) is 5.56 Å². The fraction of sp³-hybridized carbons (Fsp3) is 0.381. The molecule has 8 nitrogen and oxygen atoms in total. The van der Waals surface area contributed by atoms with E-state index in [4.69, 9.17) is 9.47 Å². The van der Waals surface area contributed by atoms with Crippen molar-refractivity contribution in [1.82, 2.24) is 10.4 Å². The maximum absolute atomic E-state index is 13.0. The van der Waals surface area contributed by atoms with Crippen LogP contribution in [0.25, 0.3) is 0 Å². The van der Waals surface area contributed by atoms with Crippen LogP contribution in [0.4, 0.5) is 11.5 Å². The number of carbonyl (C=O) groups excluding carboxylic acids is 2. The summed E-state index contributed by atoms with van der Waals surface area (Å²) in [4.78, 5) is 29.4. The highest BCUT2D eigenvalue weighted by Crippen LogP contribution is 2.33. The first-order chi connectivity index (χ1) is 14.1. The summed E-state index contributed by atoms with van der Waals surface area (Å²) in [5.74, 6) is -0.198. The molecule has 0 aliphatic carbocycles. The highest BCUT2D eigenvalue weighted by Gasteiger charge is 2.46. The Labute approximate surface area is 170 Å². The standard InChI is InChI=1S/C21H26N4O4/c1-3-28-18(26)12-13-21(20(27)29-4-2)23-17-11-8-14-22-19(17)25(24-21)15-16-9-6-5-7-10-16/h5-11,14,23-24H,3-4,12-13,15H2,1-2H3. The minimum absolute atomic E-state index is 0.0570. The van der Waals surface area contributed by atoms with Gasteiger partial charge in [-0.15, -0.1) is 0 Å². The van der Waals surface area contributed by atoms with Crippen molar-refractivity contribution in [2.45, 2.75) is 38.9 Å². The van der Waals surface area contributed by atoms with E-state index in [-0.39, 0.29) is 25.4 Å². The summed E-state index contributed by atoms with van der Waals surface area (Å²) in [6, 6.07) is 13.5. The predicted molar refractivity (Wildman–Crippen MR) is 109 cm³/mol. The lowest BCUT2D eigenvalue weighted by Gasteiger charge is -2.44. The van der Waals surface area contributed by atoms with E-state index >= 15 is 0 Å². The molecular formula is C21H26N4O4. The van der Waals surface area contributed by atoms with Gasteiger partial charge < -0.3 is 14.8 Å². The van der Waals surface area contributed by atoms with Crippen LogP contribution >= 0.6 is 0 Å². The number of pyridine rings is 1. The molecule has 0 amide bonds. The molecule has 0 saturated carbocycles. The Kier molecular flexibility index (Phi) is 6.66. The number of fused-ring (bicyclic) bond motifs is 1. The van der Waals surface area contributed by atoms with Crippen molar-refractivity contribution in [3.05, 3.63) is 54.2 Å². The molecule has 0 fully saturated rings. The first kappa shape index (κ1) is 20.6. The molecule has 3 rings (SSSR count). The van der Waals surface area contributed by atoms with E-state index in [1.807, 2.05) is 41.4 Å². The van der Waals surface area contributed by atoms with Gasteiger partial charge in [0.05, 0.1) is 25.4 Å². The second-order valence-electron chi connectivity index (χ2n) is 6.61. The van der Waals surface area contributed by atoms with Gasteiger partial charge >= 0.3 is 11.9 Å². The second kappa shape index (κ2) is 9.38. The molecule has 0 bridgehead atoms. The topological polar surface area (TPSA) is 92.8 Å². The molecule has 2 N–H and O–H groups in total.